The van der Waals surface area contributed by atoms with Crippen molar-refractivity contribution in [2.45, 2.75) is 122 Å². The summed E-state index contributed by atoms with van der Waals surface area (Å²) in [7, 11) is 0. The van der Waals surface area contributed by atoms with Gasteiger partial charge in [-0.25, -0.2) is 0 Å². The number of hydrogen-bond donors (Lipinski definition) is 4. The second-order valence-corrected chi connectivity index (χ2v) is 12.0. The van der Waals surface area contributed by atoms with Gasteiger partial charge in [0.1, 0.15) is 6.10 Å². The van der Waals surface area contributed by atoms with E-state index in [0.717, 1.165) is 44.9 Å². The molecular weight excluding hydrogens is 424 g/mol. The third-order valence-electron chi connectivity index (χ3n) is 10.6. The van der Waals surface area contributed by atoms with Gasteiger partial charge in [0.05, 0.1) is 23.9 Å². The van der Waals surface area contributed by atoms with Crippen molar-refractivity contribution in [2.24, 2.45) is 28.6 Å². The summed E-state index contributed by atoms with van der Waals surface area (Å²) >= 11 is 0. The smallest absolute Gasteiger partial charge is 0.274 e. The molecule has 3 saturated carbocycles. The summed E-state index contributed by atoms with van der Waals surface area (Å²) in [6, 6.07) is 0. The van der Waals surface area contributed by atoms with Crippen molar-refractivity contribution in [3.05, 3.63) is 11.6 Å². The monoisotopic (exact) mass is 466 g/mol. The van der Waals surface area contributed by atoms with E-state index in [1.165, 1.54) is 5.57 Å². The molecule has 7 nitrogen and oxygen atoms in total. The summed E-state index contributed by atoms with van der Waals surface area (Å²) in [5.74, 6) is 1.55. The summed E-state index contributed by atoms with van der Waals surface area (Å²) in [4.78, 5) is 0. The number of rotatable bonds is 3. The van der Waals surface area contributed by atoms with Crippen LogP contribution >= 0.6 is 0 Å². The van der Waals surface area contributed by atoms with Crippen LogP contribution < -0.4 is 0 Å². The zero-order valence-corrected chi connectivity index (χ0v) is 20.4. The Balaban J connectivity index is 1.34. The second kappa shape index (κ2) is 8.26. The van der Waals surface area contributed by atoms with Crippen LogP contribution in [0.15, 0.2) is 11.6 Å². The van der Waals surface area contributed by atoms with Gasteiger partial charge in [0.2, 0.25) is 0 Å². The lowest BCUT2D eigenvalue weighted by atomic mass is 9.46. The maximum Gasteiger partial charge on any atom is 0.274 e. The standard InChI is InChI=1S/C26H42O7/c1-14-21(28)22(29)33-23(31-14)32-15(2)26(30)12-9-20-18-6-5-16-13-17(27)7-10-24(16,3)19(18)8-11-25(20,26)4/h5,14-15,17-23,27-30H,6-13H2,1-4H3. The topological polar surface area (TPSA) is 109 Å². The van der Waals surface area contributed by atoms with Crippen molar-refractivity contribution in [2.75, 3.05) is 0 Å². The summed E-state index contributed by atoms with van der Waals surface area (Å²) in [6.07, 6.45) is 5.98. The number of aliphatic hydroxyl groups is 4. The minimum atomic E-state index is -1.37. The van der Waals surface area contributed by atoms with E-state index in [1.54, 1.807) is 6.92 Å². The molecular formula is C26H42O7. The predicted molar refractivity (Wildman–Crippen MR) is 121 cm³/mol. The van der Waals surface area contributed by atoms with Gasteiger partial charge in [0.15, 0.2) is 6.29 Å². The lowest BCUT2D eigenvalue weighted by Crippen LogP contribution is -2.60. The fraction of sp³-hybridized carbons (Fsp3) is 0.923. The van der Waals surface area contributed by atoms with Crippen LogP contribution in [0, 0.1) is 28.6 Å². The predicted octanol–water partition coefficient (Wildman–Crippen LogP) is 2.84. The van der Waals surface area contributed by atoms with Crippen LogP contribution in [0.5, 0.6) is 0 Å². The Kier molecular flexibility index (Phi) is 6.05. The van der Waals surface area contributed by atoms with Gasteiger partial charge in [-0.15, -0.1) is 0 Å². The SMILES string of the molecule is CC1OC(OC(C)C2(O)CCC3C4CC=C5CC(O)CCC5(C)C4CCC32C)OC(O)C1O. The van der Waals surface area contributed by atoms with E-state index in [4.69, 9.17) is 14.2 Å². The van der Waals surface area contributed by atoms with E-state index in [0.29, 0.717) is 24.2 Å². The Morgan fingerprint density at radius 2 is 1.76 bits per heavy atom. The van der Waals surface area contributed by atoms with Gasteiger partial charge < -0.3 is 29.9 Å². The van der Waals surface area contributed by atoms with E-state index < -0.39 is 36.7 Å². The molecule has 0 amide bonds. The molecule has 0 radical (unpaired) electrons. The van der Waals surface area contributed by atoms with E-state index in [-0.39, 0.29) is 16.9 Å². The first-order chi connectivity index (χ1) is 15.5. The summed E-state index contributed by atoms with van der Waals surface area (Å²) in [5.41, 5.74) is 0.329. The molecule has 0 spiro atoms. The lowest BCUT2D eigenvalue weighted by Gasteiger charge is -2.59. The van der Waals surface area contributed by atoms with Crippen molar-refractivity contribution in [3.8, 4) is 0 Å². The molecule has 7 heteroatoms. The van der Waals surface area contributed by atoms with Crippen LogP contribution in [-0.4, -0.2) is 63.2 Å². The third-order valence-corrected chi connectivity index (χ3v) is 10.6. The fourth-order valence-corrected chi connectivity index (χ4v) is 8.42. The molecule has 12 unspecified atom stereocenters. The van der Waals surface area contributed by atoms with Gasteiger partial charge in [0, 0.05) is 5.41 Å². The molecule has 0 aromatic carbocycles. The highest BCUT2D eigenvalue weighted by molar-refractivity contribution is 5.26. The minimum absolute atomic E-state index is 0.170. The maximum atomic E-state index is 12.1. The molecule has 5 aliphatic rings. The Hall–Kier alpha value is -0.540. The molecule has 1 heterocycles. The first kappa shape index (κ1) is 24.2. The summed E-state index contributed by atoms with van der Waals surface area (Å²) < 4.78 is 16.9. The highest BCUT2D eigenvalue weighted by Gasteiger charge is 2.65. The lowest BCUT2D eigenvalue weighted by molar-refractivity contribution is -0.419. The Morgan fingerprint density at radius 1 is 1.03 bits per heavy atom. The largest absolute Gasteiger partial charge is 0.393 e. The molecule has 1 saturated heterocycles. The Labute approximate surface area is 197 Å². The van der Waals surface area contributed by atoms with Gasteiger partial charge in [-0.05, 0) is 88.4 Å². The number of allylic oxidation sites excluding steroid dienone is 1. The molecule has 33 heavy (non-hydrogen) atoms. The molecule has 4 fully saturated rings. The average molecular weight is 467 g/mol. The number of aliphatic hydroxyl groups excluding tert-OH is 3. The molecule has 0 aromatic rings. The van der Waals surface area contributed by atoms with Crippen molar-refractivity contribution in [3.63, 3.8) is 0 Å². The van der Waals surface area contributed by atoms with Gasteiger partial charge in [-0.2, -0.15) is 0 Å². The molecule has 5 rings (SSSR count). The molecule has 0 bridgehead atoms. The second-order valence-electron chi connectivity index (χ2n) is 12.0. The number of ether oxygens (including phenoxy) is 3. The average Bonchev–Trinajstić information content (AvgIpc) is 3.04. The number of fused-ring (bicyclic) bond motifs is 5. The van der Waals surface area contributed by atoms with Crippen LogP contribution in [-0.2, 0) is 14.2 Å². The van der Waals surface area contributed by atoms with Crippen LogP contribution in [0.25, 0.3) is 0 Å². The molecule has 4 N–H and O–H groups in total. The van der Waals surface area contributed by atoms with Crippen LogP contribution in [0.1, 0.15) is 79.1 Å². The summed E-state index contributed by atoms with van der Waals surface area (Å²) in [6.45, 7) is 7.06. The van der Waals surface area contributed by atoms with Crippen molar-refractivity contribution >= 4 is 0 Å². The van der Waals surface area contributed by atoms with Gasteiger partial charge in [-0.3, -0.25) is 4.74 Å². The zero-order chi connectivity index (χ0) is 23.8. The molecule has 0 aromatic heterocycles. The highest BCUT2D eigenvalue weighted by atomic mass is 16.9. The van der Waals surface area contributed by atoms with Crippen molar-refractivity contribution in [1.82, 2.24) is 0 Å². The Morgan fingerprint density at radius 3 is 2.48 bits per heavy atom. The maximum absolute atomic E-state index is 12.1. The van der Waals surface area contributed by atoms with E-state index in [2.05, 4.69) is 19.9 Å². The van der Waals surface area contributed by atoms with Crippen molar-refractivity contribution in [1.29, 1.82) is 0 Å². The van der Waals surface area contributed by atoms with E-state index in [9.17, 15) is 20.4 Å². The Bertz CT molecular complexity index is 775. The molecule has 12 atom stereocenters. The van der Waals surface area contributed by atoms with E-state index in [1.807, 2.05) is 6.92 Å². The minimum Gasteiger partial charge on any atom is -0.393 e. The first-order valence-electron chi connectivity index (χ1n) is 12.9. The van der Waals surface area contributed by atoms with Gasteiger partial charge in [-0.1, -0.05) is 25.5 Å². The fourth-order valence-electron chi connectivity index (χ4n) is 8.42. The highest BCUT2D eigenvalue weighted by Crippen LogP contribution is 2.67. The quantitative estimate of drug-likeness (QED) is 0.474. The first-order valence-corrected chi connectivity index (χ1v) is 12.9. The van der Waals surface area contributed by atoms with E-state index >= 15 is 0 Å². The molecule has 1 aliphatic heterocycles. The van der Waals surface area contributed by atoms with Crippen LogP contribution in [0.3, 0.4) is 0 Å². The molecule has 188 valence electrons. The van der Waals surface area contributed by atoms with Crippen molar-refractivity contribution < 1.29 is 34.6 Å². The van der Waals surface area contributed by atoms with Gasteiger partial charge >= 0.3 is 0 Å². The normalized spacial score (nSPS) is 55.2. The van der Waals surface area contributed by atoms with Crippen LogP contribution in [0.2, 0.25) is 0 Å². The summed E-state index contributed by atoms with van der Waals surface area (Å²) in [5, 5.41) is 42.1. The zero-order valence-electron chi connectivity index (χ0n) is 20.4. The third kappa shape index (κ3) is 3.57. The number of hydrogen-bond acceptors (Lipinski definition) is 7. The van der Waals surface area contributed by atoms with Gasteiger partial charge in [0.25, 0.3) is 6.48 Å². The molecule has 4 aliphatic carbocycles. The van der Waals surface area contributed by atoms with Crippen LogP contribution in [0.4, 0.5) is 0 Å².